The first-order chi connectivity index (χ1) is 11.9. The van der Waals surface area contributed by atoms with Gasteiger partial charge in [-0.1, -0.05) is 17.7 Å². The summed E-state index contributed by atoms with van der Waals surface area (Å²) >= 11 is 0. The van der Waals surface area contributed by atoms with Crippen LogP contribution in [0, 0.1) is 23.7 Å². The van der Waals surface area contributed by atoms with E-state index >= 15 is 0 Å². The SMILES string of the molecule is C=CC1CCC(C2CC=C(C3CCC(OC(F)(F)F)CC3)CC2)CC1. The molecule has 1 unspecified atom stereocenters. The molecule has 25 heavy (non-hydrogen) atoms. The van der Waals surface area contributed by atoms with Crippen LogP contribution in [0.4, 0.5) is 13.2 Å². The van der Waals surface area contributed by atoms with E-state index in [2.05, 4.69) is 23.5 Å². The van der Waals surface area contributed by atoms with Crippen molar-refractivity contribution in [2.24, 2.45) is 23.7 Å². The van der Waals surface area contributed by atoms with Crippen LogP contribution in [-0.2, 0) is 4.74 Å². The van der Waals surface area contributed by atoms with Crippen LogP contribution < -0.4 is 0 Å². The summed E-state index contributed by atoms with van der Waals surface area (Å²) in [6, 6.07) is 0. The molecule has 2 fully saturated rings. The standard InChI is InChI=1S/C21H31F3O/c1-2-15-3-5-16(6-4-15)17-7-9-18(10-8-17)19-11-13-20(14-12-19)25-21(22,23)24/h2,9,15-17,19-20H,1,3-8,10-14H2. The molecule has 0 amide bonds. The number of hydrogen-bond acceptors (Lipinski definition) is 1. The predicted molar refractivity (Wildman–Crippen MR) is 94.0 cm³/mol. The molecule has 0 aromatic rings. The molecule has 0 saturated heterocycles. The van der Waals surface area contributed by atoms with Gasteiger partial charge in [-0.15, -0.1) is 19.8 Å². The molecule has 0 spiro atoms. The largest absolute Gasteiger partial charge is 0.522 e. The summed E-state index contributed by atoms with van der Waals surface area (Å²) in [5.41, 5.74) is 1.52. The Bertz CT molecular complexity index is 466. The minimum atomic E-state index is -4.49. The number of alkyl halides is 3. The van der Waals surface area contributed by atoms with E-state index < -0.39 is 12.5 Å². The van der Waals surface area contributed by atoms with Gasteiger partial charge in [-0.25, -0.2) is 0 Å². The minimum absolute atomic E-state index is 0.491. The van der Waals surface area contributed by atoms with Gasteiger partial charge in [-0.3, -0.25) is 4.74 Å². The molecule has 0 aromatic heterocycles. The van der Waals surface area contributed by atoms with E-state index in [1.807, 2.05) is 0 Å². The second kappa shape index (κ2) is 8.28. The topological polar surface area (TPSA) is 9.23 Å². The normalized spacial score (nSPS) is 37.4. The summed E-state index contributed by atoms with van der Waals surface area (Å²) in [5.74, 6) is 2.90. The lowest BCUT2D eigenvalue weighted by Crippen LogP contribution is -2.29. The average Bonchev–Trinajstić information content (AvgIpc) is 2.61. The molecule has 4 heteroatoms. The van der Waals surface area contributed by atoms with E-state index in [9.17, 15) is 13.2 Å². The zero-order valence-electron chi connectivity index (χ0n) is 15.1. The molecule has 3 aliphatic carbocycles. The Balaban J connectivity index is 1.44. The molecule has 0 radical (unpaired) electrons. The summed E-state index contributed by atoms with van der Waals surface area (Å²) in [5, 5.41) is 0. The summed E-state index contributed by atoms with van der Waals surface area (Å²) in [6.45, 7) is 3.93. The average molecular weight is 356 g/mol. The van der Waals surface area contributed by atoms with Crippen molar-refractivity contribution in [3.05, 3.63) is 24.3 Å². The zero-order valence-corrected chi connectivity index (χ0v) is 15.1. The highest BCUT2D eigenvalue weighted by Crippen LogP contribution is 2.43. The molecular weight excluding hydrogens is 325 g/mol. The third-order valence-corrected chi connectivity index (χ3v) is 6.80. The summed E-state index contributed by atoms with van der Waals surface area (Å²) in [4.78, 5) is 0. The molecule has 2 saturated carbocycles. The molecule has 1 nitrogen and oxygen atoms in total. The fourth-order valence-electron chi connectivity index (χ4n) is 5.27. The number of ether oxygens (including phenoxy) is 1. The van der Waals surface area contributed by atoms with E-state index in [1.54, 1.807) is 0 Å². The van der Waals surface area contributed by atoms with Gasteiger partial charge in [0.1, 0.15) is 0 Å². The summed E-state index contributed by atoms with van der Waals surface area (Å²) < 4.78 is 41.2. The van der Waals surface area contributed by atoms with E-state index in [4.69, 9.17) is 0 Å². The van der Waals surface area contributed by atoms with Gasteiger partial charge < -0.3 is 0 Å². The van der Waals surface area contributed by atoms with Crippen molar-refractivity contribution in [2.75, 3.05) is 0 Å². The fourth-order valence-corrected chi connectivity index (χ4v) is 5.27. The smallest absolute Gasteiger partial charge is 0.289 e. The van der Waals surface area contributed by atoms with Crippen LogP contribution >= 0.6 is 0 Å². The van der Waals surface area contributed by atoms with Crippen molar-refractivity contribution in [3.63, 3.8) is 0 Å². The Hall–Kier alpha value is -0.770. The van der Waals surface area contributed by atoms with Crippen LogP contribution in [0.3, 0.4) is 0 Å². The van der Waals surface area contributed by atoms with Crippen LogP contribution in [0.2, 0.25) is 0 Å². The first-order valence-corrected chi connectivity index (χ1v) is 10.0. The first kappa shape index (κ1) is 19.0. The monoisotopic (exact) mass is 356 g/mol. The highest BCUT2D eigenvalue weighted by molar-refractivity contribution is 5.12. The molecular formula is C21H31F3O. The Morgan fingerprint density at radius 2 is 1.60 bits per heavy atom. The molecule has 3 rings (SSSR count). The quantitative estimate of drug-likeness (QED) is 0.503. The maximum atomic E-state index is 12.3. The minimum Gasteiger partial charge on any atom is -0.289 e. The van der Waals surface area contributed by atoms with Crippen molar-refractivity contribution in [1.82, 2.24) is 0 Å². The Labute approximate surface area is 149 Å². The van der Waals surface area contributed by atoms with E-state index in [0.717, 1.165) is 37.0 Å². The molecule has 1 atom stereocenters. The van der Waals surface area contributed by atoms with Gasteiger partial charge in [0.25, 0.3) is 0 Å². The van der Waals surface area contributed by atoms with Gasteiger partial charge in [0.15, 0.2) is 0 Å². The van der Waals surface area contributed by atoms with Crippen molar-refractivity contribution in [2.45, 2.75) is 83.1 Å². The third kappa shape index (κ3) is 5.35. The number of allylic oxidation sites excluding steroid dienone is 3. The maximum Gasteiger partial charge on any atom is 0.522 e. The van der Waals surface area contributed by atoms with Gasteiger partial charge in [0, 0.05) is 0 Å². The van der Waals surface area contributed by atoms with Crippen LogP contribution in [0.1, 0.15) is 70.6 Å². The lowest BCUT2D eigenvalue weighted by atomic mass is 9.69. The van der Waals surface area contributed by atoms with Crippen LogP contribution in [0.5, 0.6) is 0 Å². The van der Waals surface area contributed by atoms with Crippen molar-refractivity contribution in [1.29, 1.82) is 0 Å². The lowest BCUT2D eigenvalue weighted by Gasteiger charge is -2.37. The van der Waals surface area contributed by atoms with Crippen molar-refractivity contribution < 1.29 is 17.9 Å². The Kier molecular flexibility index (Phi) is 6.30. The number of halogens is 3. The van der Waals surface area contributed by atoms with Gasteiger partial charge in [-0.2, -0.15) is 0 Å². The van der Waals surface area contributed by atoms with Gasteiger partial charge in [0.05, 0.1) is 6.10 Å². The van der Waals surface area contributed by atoms with Crippen LogP contribution in [0.25, 0.3) is 0 Å². The van der Waals surface area contributed by atoms with Gasteiger partial charge >= 0.3 is 6.36 Å². The van der Waals surface area contributed by atoms with Gasteiger partial charge in [-0.05, 0) is 94.3 Å². The highest BCUT2D eigenvalue weighted by Gasteiger charge is 2.36. The Morgan fingerprint density at radius 3 is 2.12 bits per heavy atom. The summed E-state index contributed by atoms with van der Waals surface area (Å²) in [7, 11) is 0. The molecule has 0 aromatic carbocycles. The first-order valence-electron chi connectivity index (χ1n) is 10.0. The Morgan fingerprint density at radius 1 is 0.920 bits per heavy atom. The zero-order chi connectivity index (χ0) is 17.9. The van der Waals surface area contributed by atoms with Crippen molar-refractivity contribution >= 4 is 0 Å². The second-order valence-corrected chi connectivity index (χ2v) is 8.26. The molecule has 0 aliphatic heterocycles. The summed E-state index contributed by atoms with van der Waals surface area (Å²) in [6.07, 6.45) is 11.1. The molecule has 3 aliphatic rings. The van der Waals surface area contributed by atoms with Gasteiger partial charge in [0.2, 0.25) is 0 Å². The predicted octanol–water partition coefficient (Wildman–Crippen LogP) is 6.80. The van der Waals surface area contributed by atoms with Crippen molar-refractivity contribution in [3.8, 4) is 0 Å². The molecule has 142 valence electrons. The third-order valence-electron chi connectivity index (χ3n) is 6.80. The van der Waals surface area contributed by atoms with Crippen LogP contribution in [-0.4, -0.2) is 12.5 Å². The lowest BCUT2D eigenvalue weighted by molar-refractivity contribution is -0.345. The number of hydrogen-bond donors (Lipinski definition) is 0. The maximum absolute atomic E-state index is 12.3. The molecule has 0 N–H and O–H groups in total. The fraction of sp³-hybridized carbons (Fsp3) is 0.810. The molecule has 0 bridgehead atoms. The molecule has 0 heterocycles. The number of rotatable bonds is 4. The second-order valence-electron chi connectivity index (χ2n) is 8.26. The van der Waals surface area contributed by atoms with E-state index in [1.165, 1.54) is 44.1 Å². The van der Waals surface area contributed by atoms with Crippen LogP contribution in [0.15, 0.2) is 24.3 Å². The van der Waals surface area contributed by atoms with E-state index in [0.29, 0.717) is 18.8 Å². The van der Waals surface area contributed by atoms with E-state index in [-0.39, 0.29) is 0 Å². The highest BCUT2D eigenvalue weighted by atomic mass is 19.4.